The van der Waals surface area contributed by atoms with Gasteiger partial charge in [0.25, 0.3) is 0 Å². The molecule has 7 atom stereocenters. The number of carboxylic acids is 2. The van der Waals surface area contributed by atoms with Crippen LogP contribution in [0.3, 0.4) is 0 Å². The summed E-state index contributed by atoms with van der Waals surface area (Å²) in [5.41, 5.74) is 11.8. The molecule has 0 radical (unpaired) electrons. The summed E-state index contributed by atoms with van der Waals surface area (Å²) in [4.78, 5) is 103. The molecular weight excluding hydrogens is 760 g/mol. The minimum absolute atomic E-state index is 0.00130. The van der Waals surface area contributed by atoms with Gasteiger partial charge in [0.1, 0.15) is 42.0 Å². The fraction of sp³-hybridized carbons (Fsp3) is 0.632. The first kappa shape index (κ1) is 50.7. The molecule has 20 heteroatoms. The number of carboxylic acid groups (broad SMARTS) is 2. The van der Waals surface area contributed by atoms with E-state index < -0.39 is 109 Å². The molecule has 1 rings (SSSR count). The van der Waals surface area contributed by atoms with E-state index in [-0.39, 0.29) is 36.8 Å². The van der Waals surface area contributed by atoms with E-state index in [0.717, 1.165) is 0 Å². The summed E-state index contributed by atoms with van der Waals surface area (Å²) in [5, 5.41) is 53.4. The first-order chi connectivity index (χ1) is 27.2. The van der Waals surface area contributed by atoms with Crippen LogP contribution in [0.1, 0.15) is 85.1 Å². The summed E-state index contributed by atoms with van der Waals surface area (Å²) < 4.78 is 0. The van der Waals surface area contributed by atoms with Crippen LogP contribution >= 0.6 is 0 Å². The molecule has 0 aliphatic rings. The molecule has 0 bridgehead atoms. The van der Waals surface area contributed by atoms with E-state index in [0.29, 0.717) is 31.4 Å². The fourth-order valence-electron chi connectivity index (χ4n) is 5.65. The Morgan fingerprint density at radius 1 is 0.603 bits per heavy atom. The Hall–Kier alpha value is -5.34. The maximum Gasteiger partial charge on any atom is 0.326 e. The van der Waals surface area contributed by atoms with Crippen LogP contribution in [0.4, 0.5) is 0 Å². The Morgan fingerprint density at radius 3 is 1.64 bits per heavy atom. The van der Waals surface area contributed by atoms with Gasteiger partial charge in [-0.3, -0.25) is 33.6 Å². The summed E-state index contributed by atoms with van der Waals surface area (Å²) in [6.07, 6.45) is 0.0753. The van der Waals surface area contributed by atoms with E-state index in [4.69, 9.17) is 11.5 Å². The number of aromatic hydroxyl groups is 1. The lowest BCUT2D eigenvalue weighted by molar-refractivity contribution is -0.143. The first-order valence-electron chi connectivity index (χ1n) is 19.3. The van der Waals surface area contributed by atoms with E-state index in [9.17, 15) is 58.8 Å². The number of amides is 6. The van der Waals surface area contributed by atoms with Gasteiger partial charge in [-0.15, -0.1) is 0 Å². The van der Waals surface area contributed by atoms with Crippen molar-refractivity contribution in [1.82, 2.24) is 31.9 Å². The number of phenols is 1. The number of unbranched alkanes of at least 4 members (excludes halogenated alkanes) is 1. The Bertz CT molecular complexity index is 1540. The fourth-order valence-corrected chi connectivity index (χ4v) is 5.65. The number of rotatable bonds is 27. The molecule has 1 aromatic carbocycles. The first-order valence-corrected chi connectivity index (χ1v) is 19.3. The number of phenolic OH excluding ortho intramolecular Hbond substituents is 1. The van der Waals surface area contributed by atoms with Gasteiger partial charge in [-0.25, -0.2) is 4.79 Å². The molecule has 326 valence electrons. The van der Waals surface area contributed by atoms with Gasteiger partial charge in [-0.1, -0.05) is 39.8 Å². The van der Waals surface area contributed by atoms with Crippen LogP contribution in [0.2, 0.25) is 0 Å². The molecule has 0 saturated heterocycles. The lowest BCUT2D eigenvalue weighted by atomic mass is 10.00. The second-order valence-electron chi connectivity index (χ2n) is 15.0. The van der Waals surface area contributed by atoms with Gasteiger partial charge in [0.05, 0.1) is 12.6 Å². The normalized spacial score (nSPS) is 14.8. The van der Waals surface area contributed by atoms with Gasteiger partial charge < -0.3 is 63.8 Å². The van der Waals surface area contributed by atoms with Crippen LogP contribution in [-0.2, 0) is 44.8 Å². The van der Waals surface area contributed by atoms with Crippen molar-refractivity contribution in [3.63, 3.8) is 0 Å². The molecule has 14 N–H and O–H groups in total. The van der Waals surface area contributed by atoms with Crippen LogP contribution in [0, 0.1) is 11.8 Å². The summed E-state index contributed by atoms with van der Waals surface area (Å²) in [7, 11) is 0. The number of aliphatic hydroxyl groups is 1. The topological polar surface area (TPSA) is 342 Å². The standard InChI is InChI=1S/C38H62N8O12/c1-20(2)16-25(40)33(52)41-22(5)32(51)46-30(19-47)37(56)45-29(18-23-9-11-24(48)12-10-23)36(55)44-28(17-21(3)4)35(54)42-26(13-14-31(49)50)34(53)43-27(38(57)58)8-6-7-15-39/h9-12,20-22,25-30,47-48H,6-8,13-19,39-40H2,1-5H3,(H,41,52)(H,42,54)(H,43,53)(H,44,55)(H,45,56)(H,46,51)(H,49,50)(H,57,58)/t22-,25-,26-,27-,28-,29-,30-/m0/s1. The molecule has 1 aromatic rings. The van der Waals surface area contributed by atoms with Crippen molar-refractivity contribution in [2.45, 2.75) is 128 Å². The molecule has 0 unspecified atom stereocenters. The third kappa shape index (κ3) is 19.2. The van der Waals surface area contributed by atoms with E-state index in [1.807, 2.05) is 13.8 Å². The van der Waals surface area contributed by atoms with Gasteiger partial charge in [0.2, 0.25) is 35.4 Å². The largest absolute Gasteiger partial charge is 0.508 e. The van der Waals surface area contributed by atoms with Crippen molar-refractivity contribution in [3.05, 3.63) is 29.8 Å². The second-order valence-corrected chi connectivity index (χ2v) is 15.0. The van der Waals surface area contributed by atoms with Crippen LogP contribution in [0.15, 0.2) is 24.3 Å². The van der Waals surface area contributed by atoms with E-state index in [1.165, 1.54) is 31.2 Å². The highest BCUT2D eigenvalue weighted by Crippen LogP contribution is 2.13. The average Bonchev–Trinajstić information content (AvgIpc) is 3.14. The SMILES string of the molecule is CC(C)C[C@H](NC(=O)[C@H](Cc1ccc(O)cc1)NC(=O)[C@H](CO)NC(=O)[C@H](C)NC(=O)[C@@H](N)CC(C)C)C(=O)N[C@@H](CCC(=O)O)C(=O)N[C@@H](CCCCN)C(=O)O. The second kappa shape index (κ2) is 25.8. The molecule has 0 saturated carbocycles. The van der Waals surface area contributed by atoms with Crippen molar-refractivity contribution < 1.29 is 58.8 Å². The highest BCUT2D eigenvalue weighted by molar-refractivity contribution is 5.97. The van der Waals surface area contributed by atoms with Crippen molar-refractivity contribution >= 4 is 47.4 Å². The highest BCUT2D eigenvalue weighted by atomic mass is 16.4. The van der Waals surface area contributed by atoms with Crippen LogP contribution in [-0.4, -0.2) is 123 Å². The number of aliphatic carboxylic acids is 2. The van der Waals surface area contributed by atoms with Crippen molar-refractivity contribution in [2.24, 2.45) is 23.3 Å². The van der Waals surface area contributed by atoms with Crippen LogP contribution in [0.25, 0.3) is 0 Å². The molecule has 6 amide bonds. The molecule has 0 fully saturated rings. The monoisotopic (exact) mass is 822 g/mol. The highest BCUT2D eigenvalue weighted by Gasteiger charge is 2.33. The van der Waals surface area contributed by atoms with Gasteiger partial charge in [-0.05, 0) is 81.5 Å². The lowest BCUT2D eigenvalue weighted by Crippen LogP contribution is -2.60. The molecule has 0 aromatic heterocycles. The Balaban J connectivity index is 3.33. The number of hydrogen-bond acceptors (Lipinski definition) is 12. The van der Waals surface area contributed by atoms with Crippen molar-refractivity contribution in [2.75, 3.05) is 13.2 Å². The van der Waals surface area contributed by atoms with E-state index >= 15 is 0 Å². The van der Waals surface area contributed by atoms with Gasteiger partial charge in [0, 0.05) is 12.8 Å². The minimum atomic E-state index is -1.60. The summed E-state index contributed by atoms with van der Waals surface area (Å²) in [6.45, 7) is 7.97. The minimum Gasteiger partial charge on any atom is -0.508 e. The van der Waals surface area contributed by atoms with E-state index in [1.54, 1.807) is 13.8 Å². The summed E-state index contributed by atoms with van der Waals surface area (Å²) in [6, 6.07) is -3.66. The summed E-state index contributed by atoms with van der Waals surface area (Å²) in [5.74, 6) is -8.01. The Kier molecular flexibility index (Phi) is 22.6. The van der Waals surface area contributed by atoms with Crippen LogP contribution < -0.4 is 43.4 Å². The third-order valence-corrected chi connectivity index (χ3v) is 8.82. The molecule has 0 aliphatic heterocycles. The Morgan fingerprint density at radius 2 is 1.10 bits per heavy atom. The van der Waals surface area contributed by atoms with Crippen molar-refractivity contribution in [1.29, 1.82) is 0 Å². The quantitative estimate of drug-likeness (QED) is 0.0443. The average molecular weight is 823 g/mol. The predicted molar refractivity (Wildman–Crippen MR) is 210 cm³/mol. The maximum absolute atomic E-state index is 13.9. The number of aliphatic hydroxyl groups excluding tert-OH is 1. The van der Waals surface area contributed by atoms with E-state index in [2.05, 4.69) is 31.9 Å². The maximum atomic E-state index is 13.9. The molecule has 20 nitrogen and oxygen atoms in total. The number of nitrogens with two attached hydrogens (primary N) is 2. The zero-order chi connectivity index (χ0) is 44.1. The molecule has 0 heterocycles. The van der Waals surface area contributed by atoms with Crippen LogP contribution in [0.5, 0.6) is 5.75 Å². The predicted octanol–water partition coefficient (Wildman–Crippen LogP) is -1.65. The van der Waals surface area contributed by atoms with Gasteiger partial charge in [-0.2, -0.15) is 0 Å². The van der Waals surface area contributed by atoms with Gasteiger partial charge in [0.15, 0.2) is 0 Å². The number of benzene rings is 1. The van der Waals surface area contributed by atoms with Crippen molar-refractivity contribution in [3.8, 4) is 5.75 Å². The Labute approximate surface area is 338 Å². The third-order valence-electron chi connectivity index (χ3n) is 8.82. The smallest absolute Gasteiger partial charge is 0.326 e. The zero-order valence-electron chi connectivity index (χ0n) is 33.8. The zero-order valence-corrected chi connectivity index (χ0v) is 33.8. The molecular formula is C38H62N8O12. The number of carbonyl (C=O) groups excluding carboxylic acids is 6. The number of carbonyl (C=O) groups is 8. The summed E-state index contributed by atoms with van der Waals surface area (Å²) >= 11 is 0. The molecule has 0 aliphatic carbocycles. The molecule has 58 heavy (non-hydrogen) atoms. The number of hydrogen-bond donors (Lipinski definition) is 12. The van der Waals surface area contributed by atoms with Gasteiger partial charge >= 0.3 is 11.9 Å². The molecule has 0 spiro atoms. The number of nitrogens with one attached hydrogen (secondary N) is 6. The lowest BCUT2D eigenvalue weighted by Gasteiger charge is -2.27.